The van der Waals surface area contributed by atoms with Crippen molar-refractivity contribution in [3.63, 3.8) is 0 Å². The molecule has 16 heavy (non-hydrogen) atoms. The molecule has 0 aliphatic heterocycles. The zero-order valence-corrected chi connectivity index (χ0v) is 10.3. The highest BCUT2D eigenvalue weighted by molar-refractivity contribution is 7.11. The average Bonchev–Trinajstić information content (AvgIpc) is 2.63. The number of esters is 1. The van der Waals surface area contributed by atoms with Gasteiger partial charge in [0, 0.05) is 7.05 Å². The van der Waals surface area contributed by atoms with Crippen molar-refractivity contribution in [3.05, 3.63) is 16.1 Å². The van der Waals surface area contributed by atoms with Gasteiger partial charge in [0.15, 0.2) is 0 Å². The van der Waals surface area contributed by atoms with E-state index in [-0.39, 0.29) is 12.5 Å². The lowest BCUT2D eigenvalue weighted by molar-refractivity contribution is -0.143. The van der Waals surface area contributed by atoms with Crippen molar-refractivity contribution >= 4 is 23.2 Å². The highest BCUT2D eigenvalue weighted by atomic mass is 32.1. The Hall–Kier alpha value is -1.43. The smallest absolute Gasteiger partial charge is 0.325 e. The lowest BCUT2D eigenvalue weighted by Gasteiger charge is -2.15. The van der Waals surface area contributed by atoms with Crippen LogP contribution in [0.15, 0.2) is 5.51 Å². The van der Waals surface area contributed by atoms with Gasteiger partial charge in [-0.1, -0.05) is 0 Å². The maximum atomic E-state index is 11.9. The number of carbonyl (C=O) groups excluding carboxylic acids is 2. The van der Waals surface area contributed by atoms with Crippen molar-refractivity contribution in [2.45, 2.75) is 13.8 Å². The summed E-state index contributed by atoms with van der Waals surface area (Å²) < 4.78 is 4.77. The minimum atomic E-state index is -0.402. The number of aromatic nitrogens is 1. The van der Waals surface area contributed by atoms with E-state index in [9.17, 15) is 9.59 Å². The van der Waals surface area contributed by atoms with Gasteiger partial charge in [-0.15, -0.1) is 11.3 Å². The number of nitrogens with zero attached hydrogens (tertiary/aromatic N) is 2. The van der Waals surface area contributed by atoms with Crippen molar-refractivity contribution in [1.82, 2.24) is 9.88 Å². The number of hydrogen-bond donors (Lipinski definition) is 0. The van der Waals surface area contributed by atoms with Crippen LogP contribution in [0.5, 0.6) is 0 Å². The van der Waals surface area contributed by atoms with E-state index in [0.717, 1.165) is 0 Å². The molecule has 0 aromatic carbocycles. The minimum absolute atomic E-state index is 0.0377. The van der Waals surface area contributed by atoms with Crippen molar-refractivity contribution in [2.75, 3.05) is 20.2 Å². The van der Waals surface area contributed by atoms with Crippen molar-refractivity contribution < 1.29 is 14.3 Å². The first-order valence-electron chi connectivity index (χ1n) is 4.87. The van der Waals surface area contributed by atoms with Crippen LogP contribution < -0.4 is 0 Å². The summed E-state index contributed by atoms with van der Waals surface area (Å²) in [5, 5.41) is 0. The van der Waals surface area contributed by atoms with Gasteiger partial charge in [-0.3, -0.25) is 9.59 Å². The van der Waals surface area contributed by atoms with Gasteiger partial charge < -0.3 is 9.64 Å². The quantitative estimate of drug-likeness (QED) is 0.741. The first kappa shape index (κ1) is 12.6. The van der Waals surface area contributed by atoms with E-state index < -0.39 is 5.97 Å². The second kappa shape index (κ2) is 5.60. The van der Waals surface area contributed by atoms with Gasteiger partial charge in [-0.2, -0.15) is 0 Å². The second-order valence-electron chi connectivity index (χ2n) is 3.23. The summed E-state index contributed by atoms with van der Waals surface area (Å²) in [7, 11) is 1.57. The van der Waals surface area contributed by atoms with Gasteiger partial charge in [-0.05, 0) is 13.8 Å². The number of carbonyl (C=O) groups is 2. The molecule has 88 valence electrons. The Morgan fingerprint density at radius 1 is 1.56 bits per heavy atom. The van der Waals surface area contributed by atoms with Crippen LogP contribution in [-0.2, 0) is 9.53 Å². The fourth-order valence-corrected chi connectivity index (χ4v) is 1.95. The summed E-state index contributed by atoms with van der Waals surface area (Å²) in [4.78, 5) is 28.9. The molecule has 0 aliphatic rings. The molecule has 0 fully saturated rings. The van der Waals surface area contributed by atoms with E-state index in [1.807, 2.05) is 0 Å². The number of likely N-dealkylation sites (N-methyl/N-ethyl adjacent to an activating group) is 1. The third-order valence-corrected chi connectivity index (χ3v) is 2.87. The number of aryl methyl sites for hydroxylation is 1. The summed E-state index contributed by atoms with van der Waals surface area (Å²) in [6.45, 7) is 3.78. The van der Waals surface area contributed by atoms with Gasteiger partial charge >= 0.3 is 5.97 Å². The molecule has 1 amide bonds. The maximum absolute atomic E-state index is 11.9. The van der Waals surface area contributed by atoms with Crippen LogP contribution in [0.2, 0.25) is 0 Å². The Labute approximate surface area is 98.0 Å². The standard InChI is InChI=1S/C10H14N2O3S/c1-4-15-8(13)5-12(3)10(14)9-7(2)11-6-16-9/h6H,4-5H2,1-3H3. The van der Waals surface area contributed by atoms with Crippen LogP contribution in [-0.4, -0.2) is 42.0 Å². The number of amides is 1. The molecule has 5 nitrogen and oxygen atoms in total. The third-order valence-electron chi connectivity index (χ3n) is 1.96. The first-order valence-corrected chi connectivity index (χ1v) is 5.75. The van der Waals surface area contributed by atoms with E-state index in [1.165, 1.54) is 16.2 Å². The molecule has 0 aliphatic carbocycles. The van der Waals surface area contributed by atoms with Crippen LogP contribution in [0.25, 0.3) is 0 Å². The molecule has 1 rings (SSSR count). The average molecular weight is 242 g/mol. The van der Waals surface area contributed by atoms with E-state index in [4.69, 9.17) is 4.74 Å². The zero-order valence-electron chi connectivity index (χ0n) is 9.52. The van der Waals surface area contributed by atoms with Crippen LogP contribution in [0, 0.1) is 6.92 Å². The van der Waals surface area contributed by atoms with E-state index in [0.29, 0.717) is 17.2 Å². The molecule has 0 saturated heterocycles. The topological polar surface area (TPSA) is 59.5 Å². The Morgan fingerprint density at radius 3 is 2.75 bits per heavy atom. The van der Waals surface area contributed by atoms with Crippen molar-refractivity contribution in [1.29, 1.82) is 0 Å². The zero-order chi connectivity index (χ0) is 12.1. The van der Waals surface area contributed by atoms with Gasteiger partial charge in [0.05, 0.1) is 17.8 Å². The Kier molecular flexibility index (Phi) is 4.42. The first-order chi connectivity index (χ1) is 7.56. The fourth-order valence-electron chi connectivity index (χ4n) is 1.15. The second-order valence-corrected chi connectivity index (χ2v) is 4.09. The molecule has 0 N–H and O–H groups in total. The number of rotatable bonds is 4. The molecule has 0 radical (unpaired) electrons. The maximum Gasteiger partial charge on any atom is 0.325 e. The molecule has 6 heteroatoms. The SMILES string of the molecule is CCOC(=O)CN(C)C(=O)c1scnc1C. The van der Waals surface area contributed by atoms with Crippen molar-refractivity contribution in [3.8, 4) is 0 Å². The lowest BCUT2D eigenvalue weighted by atomic mass is 10.3. The van der Waals surface area contributed by atoms with Crippen LogP contribution >= 0.6 is 11.3 Å². The molecule has 0 unspecified atom stereocenters. The summed E-state index contributed by atoms with van der Waals surface area (Å²) in [6, 6.07) is 0. The highest BCUT2D eigenvalue weighted by Crippen LogP contribution is 2.14. The largest absolute Gasteiger partial charge is 0.465 e. The van der Waals surface area contributed by atoms with Gasteiger partial charge in [-0.25, -0.2) is 4.98 Å². The van der Waals surface area contributed by atoms with Gasteiger partial charge in [0.1, 0.15) is 11.4 Å². The van der Waals surface area contributed by atoms with Crippen LogP contribution in [0.3, 0.4) is 0 Å². The number of hydrogen-bond acceptors (Lipinski definition) is 5. The predicted molar refractivity (Wildman–Crippen MR) is 60.4 cm³/mol. The third kappa shape index (κ3) is 3.03. The molecule has 0 atom stereocenters. The Bertz CT molecular complexity index is 389. The summed E-state index contributed by atoms with van der Waals surface area (Å²) in [6.07, 6.45) is 0. The summed E-state index contributed by atoms with van der Waals surface area (Å²) >= 11 is 1.27. The fraction of sp³-hybridized carbons (Fsp3) is 0.500. The molecular weight excluding hydrogens is 228 g/mol. The molecule has 0 saturated carbocycles. The number of ether oxygens (including phenoxy) is 1. The molecule has 1 heterocycles. The highest BCUT2D eigenvalue weighted by Gasteiger charge is 2.18. The predicted octanol–water partition coefficient (Wildman–Crippen LogP) is 1.09. The molecule has 0 bridgehead atoms. The molecule has 1 aromatic rings. The Morgan fingerprint density at radius 2 is 2.25 bits per heavy atom. The lowest BCUT2D eigenvalue weighted by Crippen LogP contribution is -2.32. The van der Waals surface area contributed by atoms with E-state index >= 15 is 0 Å². The van der Waals surface area contributed by atoms with Gasteiger partial charge in [0.25, 0.3) is 5.91 Å². The van der Waals surface area contributed by atoms with Gasteiger partial charge in [0.2, 0.25) is 0 Å². The summed E-state index contributed by atoms with van der Waals surface area (Å²) in [5.41, 5.74) is 2.30. The summed E-state index contributed by atoms with van der Waals surface area (Å²) in [5.74, 6) is -0.603. The molecular formula is C10H14N2O3S. The van der Waals surface area contributed by atoms with E-state index in [2.05, 4.69) is 4.98 Å². The monoisotopic (exact) mass is 242 g/mol. The molecule has 0 spiro atoms. The Balaban J connectivity index is 2.61. The molecule has 1 aromatic heterocycles. The van der Waals surface area contributed by atoms with E-state index in [1.54, 1.807) is 26.4 Å². The van der Waals surface area contributed by atoms with Crippen LogP contribution in [0.1, 0.15) is 22.3 Å². The minimum Gasteiger partial charge on any atom is -0.465 e. The van der Waals surface area contributed by atoms with Crippen molar-refractivity contribution in [2.24, 2.45) is 0 Å². The van der Waals surface area contributed by atoms with Crippen LogP contribution in [0.4, 0.5) is 0 Å². The number of thiazole rings is 1. The normalized spacial score (nSPS) is 9.94.